The predicted octanol–water partition coefficient (Wildman–Crippen LogP) is 6.79. The van der Waals surface area contributed by atoms with E-state index in [1.165, 1.54) is 18.2 Å². The first-order chi connectivity index (χ1) is 16.8. The van der Waals surface area contributed by atoms with Crippen molar-refractivity contribution >= 4 is 5.70 Å². The van der Waals surface area contributed by atoms with E-state index in [2.05, 4.69) is 16.9 Å². The van der Waals surface area contributed by atoms with E-state index in [0.717, 1.165) is 24.1 Å². The molecule has 0 fully saturated rings. The largest absolute Gasteiger partial charge is 0.439 e. The van der Waals surface area contributed by atoms with Gasteiger partial charge in [-0.15, -0.1) is 0 Å². The first kappa shape index (κ1) is 27.8. The molecule has 2 aromatic heterocycles. The van der Waals surface area contributed by atoms with Gasteiger partial charge in [0.15, 0.2) is 11.7 Å². The molecule has 0 radical (unpaired) electrons. The van der Waals surface area contributed by atoms with Crippen molar-refractivity contribution in [1.82, 2.24) is 9.97 Å². The van der Waals surface area contributed by atoms with Crippen LogP contribution in [0.4, 0.5) is 8.78 Å². The molecule has 35 heavy (non-hydrogen) atoms. The molecule has 0 saturated carbocycles. The number of halogens is 2. The van der Waals surface area contributed by atoms with Gasteiger partial charge in [-0.25, -0.2) is 18.7 Å². The fraction of sp³-hybridized carbons (Fsp3) is 0.357. The van der Waals surface area contributed by atoms with Crippen LogP contribution in [0.25, 0.3) is 17.2 Å². The van der Waals surface area contributed by atoms with Gasteiger partial charge >= 0.3 is 0 Å². The number of oxazole rings is 1. The molecular weight excluding hydrogens is 446 g/mol. The number of rotatable bonds is 9. The Hall–Kier alpha value is -3.48. The van der Waals surface area contributed by atoms with Crippen molar-refractivity contribution in [3.8, 4) is 11.5 Å². The molecule has 5 nitrogen and oxygen atoms in total. The van der Waals surface area contributed by atoms with E-state index >= 15 is 0 Å². The van der Waals surface area contributed by atoms with Crippen molar-refractivity contribution in [3.63, 3.8) is 0 Å². The fourth-order valence-electron chi connectivity index (χ4n) is 3.76. The van der Waals surface area contributed by atoms with Gasteiger partial charge in [-0.05, 0) is 48.3 Å². The Bertz CT molecular complexity index is 1150. The number of nitrogens with two attached hydrogens (primary N) is 2. The molecule has 7 heteroatoms. The summed E-state index contributed by atoms with van der Waals surface area (Å²) < 4.78 is 34.2. The maximum absolute atomic E-state index is 14.2. The lowest BCUT2D eigenvalue weighted by atomic mass is 9.91. The van der Waals surface area contributed by atoms with Crippen LogP contribution >= 0.6 is 0 Å². The van der Waals surface area contributed by atoms with Crippen molar-refractivity contribution in [2.45, 2.75) is 60.3 Å². The van der Waals surface area contributed by atoms with Crippen molar-refractivity contribution in [2.75, 3.05) is 0 Å². The van der Waals surface area contributed by atoms with Crippen LogP contribution in [0.2, 0.25) is 0 Å². The molecule has 0 aliphatic carbocycles. The van der Waals surface area contributed by atoms with Gasteiger partial charge in [0, 0.05) is 29.9 Å². The first-order valence-electron chi connectivity index (χ1n) is 12.1. The molecule has 0 aliphatic heterocycles. The zero-order valence-corrected chi connectivity index (χ0v) is 21.2. The average Bonchev–Trinajstić information content (AvgIpc) is 3.33. The molecule has 0 amide bonds. The standard InChI is InChI=1S/C26H30F2N4O.C2H6/c1-4-8-16(3)18(14-22(30)26-19(27)10-7-11-20(26)28)21(29)13-17-9-6-12-23(32-17)24-15-31-25(5-2)33-24;1-2/h6-7,9-12,14-16H,4-5,8,13,29-30H2,1-3H3;1-2H3/b21-18+,22-14-;. The van der Waals surface area contributed by atoms with E-state index in [1.54, 1.807) is 12.3 Å². The number of hydrogen-bond donors (Lipinski definition) is 2. The second-order valence-electron chi connectivity index (χ2n) is 8.03. The summed E-state index contributed by atoms with van der Waals surface area (Å²) in [7, 11) is 0. The third-order valence-electron chi connectivity index (χ3n) is 5.47. The summed E-state index contributed by atoms with van der Waals surface area (Å²) in [6.07, 6.45) is 6.08. The molecule has 1 atom stereocenters. The van der Waals surface area contributed by atoms with Crippen LogP contribution in [-0.2, 0) is 12.8 Å². The minimum Gasteiger partial charge on any atom is -0.439 e. The minimum atomic E-state index is -0.710. The lowest BCUT2D eigenvalue weighted by molar-refractivity contribution is 0.512. The van der Waals surface area contributed by atoms with Gasteiger partial charge < -0.3 is 15.9 Å². The SMILES string of the molecule is CC.CCCC(C)C(/C=C(\N)c1c(F)cccc1F)=C(/N)Cc1cccc(-c2cnc(CC)o2)n1. The predicted molar refractivity (Wildman–Crippen MR) is 138 cm³/mol. The van der Waals surface area contributed by atoms with Gasteiger partial charge in [-0.2, -0.15) is 0 Å². The Morgan fingerprint density at radius 3 is 2.31 bits per heavy atom. The monoisotopic (exact) mass is 482 g/mol. The number of aromatic nitrogens is 2. The molecule has 3 rings (SSSR count). The summed E-state index contributed by atoms with van der Waals surface area (Å²) in [5, 5.41) is 0. The fourth-order valence-corrected chi connectivity index (χ4v) is 3.76. The first-order valence-corrected chi connectivity index (χ1v) is 12.1. The maximum Gasteiger partial charge on any atom is 0.194 e. The topological polar surface area (TPSA) is 91.0 Å². The molecule has 1 aromatic carbocycles. The molecule has 2 heterocycles. The molecular formula is C28H36F2N4O. The van der Waals surface area contributed by atoms with Gasteiger partial charge in [0.25, 0.3) is 0 Å². The Labute approximate surface area is 207 Å². The van der Waals surface area contributed by atoms with E-state index in [9.17, 15) is 8.78 Å². The normalized spacial score (nSPS) is 13.1. The van der Waals surface area contributed by atoms with E-state index in [-0.39, 0.29) is 17.2 Å². The Balaban J connectivity index is 0.00000210. The van der Waals surface area contributed by atoms with E-state index < -0.39 is 11.6 Å². The van der Waals surface area contributed by atoms with Crippen LogP contribution in [0, 0.1) is 17.6 Å². The van der Waals surface area contributed by atoms with Crippen molar-refractivity contribution in [2.24, 2.45) is 17.4 Å². The highest BCUT2D eigenvalue weighted by Gasteiger charge is 2.16. The molecule has 1 unspecified atom stereocenters. The van der Waals surface area contributed by atoms with E-state index in [0.29, 0.717) is 35.9 Å². The van der Waals surface area contributed by atoms with Crippen molar-refractivity contribution in [1.29, 1.82) is 0 Å². The van der Waals surface area contributed by atoms with E-state index in [4.69, 9.17) is 15.9 Å². The molecule has 4 N–H and O–H groups in total. The number of allylic oxidation sites excluding steroid dienone is 3. The van der Waals surface area contributed by atoms with Gasteiger partial charge in [0.05, 0.1) is 11.8 Å². The molecule has 0 bridgehead atoms. The summed E-state index contributed by atoms with van der Waals surface area (Å²) in [5.41, 5.74) is 15.1. The zero-order chi connectivity index (χ0) is 26.0. The smallest absolute Gasteiger partial charge is 0.194 e. The van der Waals surface area contributed by atoms with Gasteiger partial charge in [-0.3, -0.25) is 0 Å². The molecule has 0 spiro atoms. The van der Waals surface area contributed by atoms with Gasteiger partial charge in [-0.1, -0.05) is 53.2 Å². The highest BCUT2D eigenvalue weighted by molar-refractivity contribution is 5.67. The maximum atomic E-state index is 14.2. The van der Waals surface area contributed by atoms with Crippen molar-refractivity contribution < 1.29 is 13.2 Å². The zero-order valence-electron chi connectivity index (χ0n) is 21.2. The quantitative estimate of drug-likeness (QED) is 0.328. The van der Waals surface area contributed by atoms with E-state index in [1.807, 2.05) is 45.9 Å². The number of benzene rings is 1. The number of nitrogens with zero attached hydrogens (tertiary/aromatic N) is 2. The Kier molecular flexibility index (Phi) is 10.6. The van der Waals surface area contributed by atoms with Crippen LogP contribution in [-0.4, -0.2) is 9.97 Å². The second kappa shape index (κ2) is 13.4. The Morgan fingerprint density at radius 2 is 1.71 bits per heavy atom. The molecule has 188 valence electrons. The summed E-state index contributed by atoms with van der Waals surface area (Å²) in [6, 6.07) is 9.28. The number of aryl methyl sites for hydroxylation is 1. The lowest BCUT2D eigenvalue weighted by Gasteiger charge is -2.17. The molecule has 0 aliphatic rings. The van der Waals surface area contributed by atoms with Gasteiger partial charge in [0.2, 0.25) is 0 Å². The third-order valence-corrected chi connectivity index (χ3v) is 5.47. The lowest BCUT2D eigenvalue weighted by Crippen LogP contribution is -2.13. The summed E-state index contributed by atoms with van der Waals surface area (Å²) >= 11 is 0. The Morgan fingerprint density at radius 1 is 1.06 bits per heavy atom. The highest BCUT2D eigenvalue weighted by atomic mass is 19.1. The van der Waals surface area contributed by atoms with Crippen molar-refractivity contribution in [3.05, 3.63) is 88.7 Å². The molecule has 3 aromatic rings. The van der Waals surface area contributed by atoms with Crippen LogP contribution in [0.15, 0.2) is 64.4 Å². The summed E-state index contributed by atoms with van der Waals surface area (Å²) in [5.74, 6) is -0.133. The summed E-state index contributed by atoms with van der Waals surface area (Å²) in [4.78, 5) is 8.89. The van der Waals surface area contributed by atoms with Crippen LogP contribution in [0.5, 0.6) is 0 Å². The highest BCUT2D eigenvalue weighted by Crippen LogP contribution is 2.27. The number of pyridine rings is 1. The van der Waals surface area contributed by atoms with Crippen LogP contribution in [0.1, 0.15) is 64.6 Å². The van der Waals surface area contributed by atoms with Crippen LogP contribution in [0.3, 0.4) is 0 Å². The second-order valence-corrected chi connectivity index (χ2v) is 8.03. The van der Waals surface area contributed by atoms with Gasteiger partial charge in [0.1, 0.15) is 17.3 Å². The number of hydrogen-bond acceptors (Lipinski definition) is 5. The summed E-state index contributed by atoms with van der Waals surface area (Å²) in [6.45, 7) is 10.1. The van der Waals surface area contributed by atoms with Crippen LogP contribution < -0.4 is 11.5 Å². The average molecular weight is 483 g/mol. The molecule has 0 saturated heterocycles. The third kappa shape index (κ3) is 7.25. The minimum absolute atomic E-state index is 0.00182.